The van der Waals surface area contributed by atoms with Gasteiger partial charge in [0.05, 0.1) is 6.26 Å². The Bertz CT molecular complexity index is 569. The van der Waals surface area contributed by atoms with Crippen molar-refractivity contribution in [2.45, 2.75) is 40.3 Å². The molecule has 0 bridgehead atoms. The second kappa shape index (κ2) is 7.66. The molecule has 0 saturated heterocycles. The van der Waals surface area contributed by atoms with Crippen LogP contribution in [0.5, 0.6) is 5.75 Å². The van der Waals surface area contributed by atoms with Gasteiger partial charge in [0.1, 0.15) is 18.1 Å². The van der Waals surface area contributed by atoms with E-state index >= 15 is 0 Å². The number of halogens is 1. The lowest BCUT2D eigenvalue weighted by Crippen LogP contribution is -2.14. The van der Waals surface area contributed by atoms with Crippen LogP contribution in [0, 0.1) is 13.8 Å². The number of hydrogen-bond donors (Lipinski definition) is 1. The molecule has 0 aliphatic carbocycles. The van der Waals surface area contributed by atoms with E-state index < -0.39 is 0 Å². The molecule has 0 saturated carbocycles. The highest BCUT2D eigenvalue weighted by Gasteiger charge is 2.08. The highest BCUT2D eigenvalue weighted by atomic mass is 79.9. The average molecular weight is 352 g/mol. The minimum atomic E-state index is 0.455. The summed E-state index contributed by atoms with van der Waals surface area (Å²) in [4.78, 5) is 0. The second-order valence-corrected chi connectivity index (χ2v) is 6.00. The second-order valence-electron chi connectivity index (χ2n) is 5.21. The number of nitrogens with one attached hydrogen (secondary N) is 1. The molecule has 0 unspecified atom stereocenters. The van der Waals surface area contributed by atoms with Crippen molar-refractivity contribution in [3.8, 4) is 5.75 Å². The van der Waals surface area contributed by atoms with E-state index in [2.05, 4.69) is 42.0 Å². The number of aryl methyl sites for hydroxylation is 2. The van der Waals surface area contributed by atoms with Gasteiger partial charge < -0.3 is 14.5 Å². The van der Waals surface area contributed by atoms with Gasteiger partial charge in [-0.15, -0.1) is 0 Å². The van der Waals surface area contributed by atoms with Gasteiger partial charge in [-0.2, -0.15) is 0 Å². The summed E-state index contributed by atoms with van der Waals surface area (Å²) in [6.45, 7) is 8.58. The molecular formula is C17H22BrNO2. The lowest BCUT2D eigenvalue weighted by atomic mass is 10.1. The molecule has 0 aliphatic rings. The van der Waals surface area contributed by atoms with Crippen LogP contribution in [0.25, 0.3) is 0 Å². The van der Waals surface area contributed by atoms with Gasteiger partial charge in [0.15, 0.2) is 0 Å². The van der Waals surface area contributed by atoms with Crippen molar-refractivity contribution < 1.29 is 9.15 Å². The van der Waals surface area contributed by atoms with Crippen LogP contribution in [-0.4, -0.2) is 6.54 Å². The predicted octanol–water partition coefficient (Wildman–Crippen LogP) is 4.74. The maximum absolute atomic E-state index is 5.87. The fraction of sp³-hybridized carbons (Fsp3) is 0.412. The third-order valence-corrected chi connectivity index (χ3v) is 4.61. The van der Waals surface area contributed by atoms with Gasteiger partial charge in [0, 0.05) is 16.6 Å². The first-order chi connectivity index (χ1) is 10.1. The van der Waals surface area contributed by atoms with Crippen LogP contribution >= 0.6 is 15.9 Å². The summed E-state index contributed by atoms with van der Waals surface area (Å²) in [6, 6.07) is 6.07. The van der Waals surface area contributed by atoms with Crippen molar-refractivity contribution >= 4 is 15.9 Å². The van der Waals surface area contributed by atoms with Crippen LogP contribution in [0.15, 0.2) is 33.4 Å². The van der Waals surface area contributed by atoms with Crippen LogP contribution in [-0.2, 0) is 13.2 Å². The smallest absolute Gasteiger partial charge is 0.146 e. The van der Waals surface area contributed by atoms with Gasteiger partial charge in [-0.05, 0) is 56.1 Å². The maximum Gasteiger partial charge on any atom is 0.146 e. The minimum Gasteiger partial charge on any atom is -0.486 e. The number of ether oxygens (including phenoxy) is 1. The van der Waals surface area contributed by atoms with Crippen molar-refractivity contribution in [1.29, 1.82) is 0 Å². The Kier molecular flexibility index (Phi) is 5.88. The molecule has 2 rings (SSSR count). The van der Waals surface area contributed by atoms with Crippen molar-refractivity contribution in [2.75, 3.05) is 6.54 Å². The summed E-state index contributed by atoms with van der Waals surface area (Å²) < 4.78 is 12.5. The molecule has 1 heterocycles. The Morgan fingerprint density at radius 2 is 1.95 bits per heavy atom. The van der Waals surface area contributed by atoms with Crippen LogP contribution in [0.2, 0.25) is 0 Å². The number of rotatable bonds is 7. The molecule has 114 valence electrons. The van der Waals surface area contributed by atoms with Gasteiger partial charge in [-0.1, -0.05) is 22.9 Å². The summed E-state index contributed by atoms with van der Waals surface area (Å²) in [5.74, 6) is 1.76. The molecule has 4 heteroatoms. The summed E-state index contributed by atoms with van der Waals surface area (Å²) >= 11 is 3.57. The van der Waals surface area contributed by atoms with Gasteiger partial charge >= 0.3 is 0 Å². The van der Waals surface area contributed by atoms with E-state index in [4.69, 9.17) is 9.15 Å². The molecule has 21 heavy (non-hydrogen) atoms. The Labute approximate surface area is 134 Å². The van der Waals surface area contributed by atoms with Crippen molar-refractivity contribution in [1.82, 2.24) is 5.32 Å². The molecule has 0 fully saturated rings. The summed E-state index contributed by atoms with van der Waals surface area (Å²) in [6.07, 6.45) is 2.85. The Hall–Kier alpha value is -1.26. The monoisotopic (exact) mass is 351 g/mol. The molecule has 0 radical (unpaired) electrons. The van der Waals surface area contributed by atoms with Crippen molar-refractivity contribution in [3.05, 3.63) is 51.4 Å². The lowest BCUT2D eigenvalue weighted by molar-refractivity contribution is 0.267. The quantitative estimate of drug-likeness (QED) is 0.731. The van der Waals surface area contributed by atoms with Crippen molar-refractivity contribution in [3.63, 3.8) is 0 Å². The van der Waals surface area contributed by atoms with Crippen LogP contribution in [0.1, 0.15) is 35.8 Å². The van der Waals surface area contributed by atoms with E-state index in [1.165, 1.54) is 11.1 Å². The lowest BCUT2D eigenvalue weighted by Gasteiger charge is -2.10. The molecule has 0 spiro atoms. The average Bonchev–Trinajstić information content (AvgIpc) is 2.90. The zero-order valence-electron chi connectivity index (χ0n) is 12.8. The Morgan fingerprint density at radius 1 is 1.24 bits per heavy atom. The normalized spacial score (nSPS) is 10.9. The summed E-state index contributed by atoms with van der Waals surface area (Å²) in [7, 11) is 0. The highest BCUT2D eigenvalue weighted by Crippen LogP contribution is 2.27. The first kappa shape index (κ1) is 16.1. The van der Waals surface area contributed by atoms with Crippen molar-refractivity contribution in [2.24, 2.45) is 0 Å². The van der Waals surface area contributed by atoms with Gasteiger partial charge in [-0.3, -0.25) is 0 Å². The Balaban J connectivity index is 1.99. The molecule has 1 aromatic heterocycles. The number of benzene rings is 1. The minimum absolute atomic E-state index is 0.455. The molecule has 3 nitrogen and oxygen atoms in total. The number of hydrogen-bond acceptors (Lipinski definition) is 3. The largest absolute Gasteiger partial charge is 0.486 e. The van der Waals surface area contributed by atoms with Crippen LogP contribution < -0.4 is 10.1 Å². The topological polar surface area (TPSA) is 34.4 Å². The van der Waals surface area contributed by atoms with Gasteiger partial charge in [0.25, 0.3) is 0 Å². The number of furan rings is 1. The fourth-order valence-corrected chi connectivity index (χ4v) is 2.42. The standard InChI is InChI=1S/C17H22BrNO2/c1-4-6-19-10-14-5-7-20-16(14)11-21-15-8-12(2)17(18)13(3)9-15/h5,7-9,19H,4,6,10-11H2,1-3H3. The molecule has 0 aliphatic heterocycles. The molecule has 1 N–H and O–H groups in total. The predicted molar refractivity (Wildman–Crippen MR) is 88.7 cm³/mol. The summed E-state index contributed by atoms with van der Waals surface area (Å²) in [5.41, 5.74) is 3.51. The third-order valence-electron chi connectivity index (χ3n) is 3.36. The molecule has 0 amide bonds. The first-order valence-corrected chi connectivity index (χ1v) is 8.06. The molecular weight excluding hydrogens is 330 g/mol. The van der Waals surface area contributed by atoms with Gasteiger partial charge in [-0.25, -0.2) is 0 Å². The van der Waals surface area contributed by atoms with E-state index in [-0.39, 0.29) is 0 Å². The molecule has 2 aromatic rings. The van der Waals surface area contributed by atoms with E-state index in [0.717, 1.165) is 41.1 Å². The van der Waals surface area contributed by atoms with Crippen LogP contribution in [0.3, 0.4) is 0 Å². The van der Waals surface area contributed by atoms with E-state index in [1.54, 1.807) is 6.26 Å². The van der Waals surface area contributed by atoms with E-state index in [1.807, 2.05) is 18.2 Å². The van der Waals surface area contributed by atoms with E-state index in [0.29, 0.717) is 6.61 Å². The highest BCUT2D eigenvalue weighted by molar-refractivity contribution is 9.10. The summed E-state index contributed by atoms with van der Waals surface area (Å²) in [5, 5.41) is 3.38. The zero-order valence-corrected chi connectivity index (χ0v) is 14.4. The maximum atomic E-state index is 5.87. The third kappa shape index (κ3) is 4.35. The Morgan fingerprint density at radius 3 is 2.62 bits per heavy atom. The first-order valence-electron chi connectivity index (χ1n) is 7.27. The molecule has 0 atom stereocenters. The van der Waals surface area contributed by atoms with Gasteiger partial charge in [0.2, 0.25) is 0 Å². The zero-order chi connectivity index (χ0) is 15.2. The SMILES string of the molecule is CCCNCc1ccoc1COc1cc(C)c(Br)c(C)c1. The fourth-order valence-electron chi connectivity index (χ4n) is 2.19. The molecule has 1 aromatic carbocycles. The van der Waals surface area contributed by atoms with Crippen LogP contribution in [0.4, 0.5) is 0 Å². The van der Waals surface area contributed by atoms with E-state index in [9.17, 15) is 0 Å².